The van der Waals surface area contributed by atoms with E-state index in [1.54, 1.807) is 23.5 Å². The molecule has 4 rings (SSSR count). The van der Waals surface area contributed by atoms with Crippen molar-refractivity contribution in [3.8, 4) is 0 Å². The molecule has 34 heavy (non-hydrogen) atoms. The zero-order chi connectivity index (χ0) is 24.6. The lowest BCUT2D eigenvalue weighted by atomic mass is 9.72. The number of thiophene rings is 1. The number of halogens is 1. The van der Waals surface area contributed by atoms with E-state index in [0.717, 1.165) is 40.5 Å². The molecule has 2 aromatic carbocycles. The van der Waals surface area contributed by atoms with E-state index >= 15 is 0 Å². The first-order chi connectivity index (χ1) is 16.0. The van der Waals surface area contributed by atoms with Crippen molar-refractivity contribution < 1.29 is 9.59 Å². The molecule has 0 aliphatic heterocycles. The van der Waals surface area contributed by atoms with Gasteiger partial charge in [-0.3, -0.25) is 9.59 Å². The van der Waals surface area contributed by atoms with Gasteiger partial charge in [-0.15, -0.1) is 11.3 Å². The summed E-state index contributed by atoms with van der Waals surface area (Å²) in [4.78, 5) is 27.8. The third-order valence-corrected chi connectivity index (χ3v) is 8.46. The first-order valence-corrected chi connectivity index (χ1v) is 13.2. The van der Waals surface area contributed by atoms with Crippen LogP contribution < -0.4 is 10.6 Å². The van der Waals surface area contributed by atoms with Crippen LogP contribution in [0, 0.1) is 25.2 Å². The van der Waals surface area contributed by atoms with E-state index in [-0.39, 0.29) is 17.2 Å². The molecule has 0 fully saturated rings. The normalized spacial score (nSPS) is 15.5. The number of amides is 2. The Labute approximate surface area is 214 Å². The Kier molecular flexibility index (Phi) is 7.02. The molecule has 6 heteroatoms. The largest absolute Gasteiger partial charge is 0.322 e. The number of fused-ring (bicyclic) bond motifs is 1. The minimum atomic E-state index is -0.215. The highest BCUT2D eigenvalue weighted by Gasteiger charge is 2.34. The summed E-state index contributed by atoms with van der Waals surface area (Å²) in [5, 5.41) is 6.76. The van der Waals surface area contributed by atoms with Crippen LogP contribution in [0.1, 0.15) is 69.5 Å². The molecule has 0 radical (unpaired) electrons. The number of benzene rings is 2. The second kappa shape index (κ2) is 9.67. The first kappa shape index (κ1) is 24.7. The topological polar surface area (TPSA) is 58.2 Å². The molecule has 1 aromatic heterocycles. The summed E-state index contributed by atoms with van der Waals surface area (Å²) in [7, 11) is 0. The molecule has 0 saturated carbocycles. The van der Waals surface area contributed by atoms with Crippen LogP contribution in [-0.4, -0.2) is 11.8 Å². The maximum Gasteiger partial charge on any atom is 0.258 e. The molecular weight excluding hydrogens is 508 g/mol. The Hall–Kier alpha value is -2.44. The summed E-state index contributed by atoms with van der Waals surface area (Å²) in [5.41, 5.74) is 5.51. The van der Waals surface area contributed by atoms with Gasteiger partial charge in [0, 0.05) is 20.6 Å². The summed E-state index contributed by atoms with van der Waals surface area (Å²) >= 11 is 4.98. The Bertz CT molecular complexity index is 1260. The van der Waals surface area contributed by atoms with Crippen LogP contribution in [0.3, 0.4) is 0 Å². The number of rotatable bonds is 4. The van der Waals surface area contributed by atoms with Crippen molar-refractivity contribution in [2.24, 2.45) is 11.3 Å². The molecule has 1 aliphatic rings. The summed E-state index contributed by atoms with van der Waals surface area (Å²) in [5.74, 6) is 0.162. The Morgan fingerprint density at radius 3 is 2.44 bits per heavy atom. The van der Waals surface area contributed by atoms with Crippen molar-refractivity contribution >= 4 is 49.8 Å². The van der Waals surface area contributed by atoms with Gasteiger partial charge < -0.3 is 10.6 Å². The maximum absolute atomic E-state index is 13.6. The van der Waals surface area contributed by atoms with Gasteiger partial charge >= 0.3 is 0 Å². The highest BCUT2D eigenvalue weighted by atomic mass is 79.9. The zero-order valence-electron chi connectivity index (χ0n) is 20.3. The highest BCUT2D eigenvalue weighted by molar-refractivity contribution is 9.10. The fourth-order valence-corrected chi connectivity index (χ4v) is 6.19. The number of carbonyl (C=O) groups excluding carboxylic acids is 2. The average Bonchev–Trinajstić information content (AvgIpc) is 3.12. The molecule has 1 atom stereocenters. The molecule has 1 unspecified atom stereocenters. The van der Waals surface area contributed by atoms with Crippen LogP contribution in [0.2, 0.25) is 0 Å². The molecule has 0 spiro atoms. The Morgan fingerprint density at radius 1 is 1.00 bits per heavy atom. The van der Waals surface area contributed by atoms with Gasteiger partial charge in [0.25, 0.3) is 11.8 Å². The SMILES string of the molecule is Cc1ccc(NC(=O)c2c(NC(=O)c3cccc(Br)c3)sc3c2CCC(C(C)(C)C)C3)cc1C. The quantitative estimate of drug-likeness (QED) is 0.356. The van der Waals surface area contributed by atoms with Crippen molar-refractivity contribution in [3.05, 3.63) is 79.6 Å². The van der Waals surface area contributed by atoms with Gasteiger partial charge in [-0.25, -0.2) is 0 Å². The molecule has 3 aromatic rings. The lowest BCUT2D eigenvalue weighted by Gasteiger charge is -2.33. The third kappa shape index (κ3) is 5.28. The van der Waals surface area contributed by atoms with E-state index in [0.29, 0.717) is 22.0 Å². The molecule has 0 saturated heterocycles. The number of carbonyl (C=O) groups is 2. The average molecular weight is 540 g/mol. The van der Waals surface area contributed by atoms with Gasteiger partial charge in [-0.2, -0.15) is 0 Å². The van der Waals surface area contributed by atoms with E-state index in [2.05, 4.69) is 54.3 Å². The van der Waals surface area contributed by atoms with Crippen LogP contribution in [0.15, 0.2) is 46.9 Å². The van der Waals surface area contributed by atoms with Gasteiger partial charge in [0.05, 0.1) is 5.56 Å². The molecular formula is C28H31BrN2O2S. The van der Waals surface area contributed by atoms with Crippen molar-refractivity contribution in [1.82, 2.24) is 0 Å². The van der Waals surface area contributed by atoms with E-state index in [1.807, 2.05) is 37.3 Å². The standard InChI is InChI=1S/C28H31BrN2O2S/c1-16-9-11-21(13-17(16)2)30-26(33)24-22-12-10-19(28(3,4)5)15-23(22)34-27(24)31-25(32)18-7-6-8-20(29)14-18/h6-9,11,13-14,19H,10,12,15H2,1-5H3,(H,30,33)(H,31,32). The van der Waals surface area contributed by atoms with E-state index in [9.17, 15) is 9.59 Å². The van der Waals surface area contributed by atoms with Crippen molar-refractivity contribution in [2.75, 3.05) is 10.6 Å². The van der Waals surface area contributed by atoms with E-state index in [1.165, 1.54) is 10.4 Å². The second-order valence-corrected chi connectivity index (χ2v) is 12.3. The predicted molar refractivity (Wildman–Crippen MR) is 145 cm³/mol. The van der Waals surface area contributed by atoms with Crippen molar-refractivity contribution in [2.45, 2.75) is 53.9 Å². The summed E-state index contributed by atoms with van der Waals surface area (Å²) in [6, 6.07) is 13.2. The summed E-state index contributed by atoms with van der Waals surface area (Å²) in [6.45, 7) is 10.9. The van der Waals surface area contributed by atoms with Gasteiger partial charge in [0.2, 0.25) is 0 Å². The number of hydrogen-bond acceptors (Lipinski definition) is 3. The lowest BCUT2D eigenvalue weighted by molar-refractivity contribution is 0.102. The second-order valence-electron chi connectivity index (χ2n) is 10.2. The van der Waals surface area contributed by atoms with E-state index < -0.39 is 0 Å². The fourth-order valence-electron chi connectivity index (χ4n) is 4.47. The fraction of sp³-hybridized carbons (Fsp3) is 0.357. The molecule has 0 bridgehead atoms. The van der Waals surface area contributed by atoms with Gasteiger partial charge in [0.15, 0.2) is 0 Å². The van der Waals surface area contributed by atoms with E-state index in [4.69, 9.17) is 0 Å². The number of nitrogens with one attached hydrogen (secondary N) is 2. The Morgan fingerprint density at radius 2 is 1.76 bits per heavy atom. The highest BCUT2D eigenvalue weighted by Crippen LogP contribution is 2.44. The molecule has 4 nitrogen and oxygen atoms in total. The first-order valence-electron chi connectivity index (χ1n) is 11.6. The van der Waals surface area contributed by atoms with Gasteiger partial charge in [-0.05, 0) is 91.5 Å². The smallest absolute Gasteiger partial charge is 0.258 e. The van der Waals surface area contributed by atoms with Gasteiger partial charge in [-0.1, -0.05) is 48.8 Å². The van der Waals surface area contributed by atoms with Crippen LogP contribution in [-0.2, 0) is 12.8 Å². The predicted octanol–water partition coefficient (Wildman–Crippen LogP) is 7.78. The molecule has 178 valence electrons. The minimum absolute atomic E-state index is 0.167. The van der Waals surface area contributed by atoms with Crippen molar-refractivity contribution in [3.63, 3.8) is 0 Å². The maximum atomic E-state index is 13.6. The van der Waals surface area contributed by atoms with Crippen molar-refractivity contribution in [1.29, 1.82) is 0 Å². The molecule has 2 N–H and O–H groups in total. The molecule has 1 aliphatic carbocycles. The lowest BCUT2D eigenvalue weighted by Crippen LogP contribution is -2.27. The number of aryl methyl sites for hydroxylation is 2. The van der Waals surface area contributed by atoms with Crippen LogP contribution >= 0.6 is 27.3 Å². The number of anilines is 2. The van der Waals surface area contributed by atoms with Crippen LogP contribution in [0.4, 0.5) is 10.7 Å². The Balaban J connectivity index is 1.69. The molecule has 1 heterocycles. The van der Waals surface area contributed by atoms with Crippen LogP contribution in [0.25, 0.3) is 0 Å². The third-order valence-electron chi connectivity index (χ3n) is 6.80. The zero-order valence-corrected chi connectivity index (χ0v) is 22.7. The molecule has 2 amide bonds. The number of hydrogen-bond donors (Lipinski definition) is 2. The monoisotopic (exact) mass is 538 g/mol. The minimum Gasteiger partial charge on any atom is -0.322 e. The van der Waals surface area contributed by atoms with Crippen LogP contribution in [0.5, 0.6) is 0 Å². The summed E-state index contributed by atoms with van der Waals surface area (Å²) in [6.07, 6.45) is 2.81. The summed E-state index contributed by atoms with van der Waals surface area (Å²) < 4.78 is 0.839. The van der Waals surface area contributed by atoms with Gasteiger partial charge in [0.1, 0.15) is 5.00 Å².